The van der Waals surface area contributed by atoms with Gasteiger partial charge in [-0.3, -0.25) is 9.59 Å². The van der Waals surface area contributed by atoms with E-state index in [0.29, 0.717) is 0 Å². The van der Waals surface area contributed by atoms with Crippen molar-refractivity contribution < 1.29 is 27.5 Å². The highest BCUT2D eigenvalue weighted by Gasteiger charge is 2.29. The molecule has 0 saturated carbocycles. The van der Waals surface area contributed by atoms with Gasteiger partial charge in [0.05, 0.1) is 11.1 Å². The van der Waals surface area contributed by atoms with Gasteiger partial charge in [0.1, 0.15) is 5.75 Å². The van der Waals surface area contributed by atoms with E-state index in [4.69, 9.17) is 10.5 Å². The molecule has 0 radical (unpaired) electrons. The molecule has 2 rings (SSSR count). The largest absolute Gasteiger partial charge is 0.483 e. The van der Waals surface area contributed by atoms with Gasteiger partial charge >= 0.3 is 6.18 Å². The zero-order chi connectivity index (χ0) is 17.7. The Morgan fingerprint density at radius 2 is 1.67 bits per heavy atom. The molecule has 2 aromatic rings. The Morgan fingerprint density at radius 3 is 2.25 bits per heavy atom. The SMILES string of the molecule is NC(=O)c1ccccc1OCC(=O)Nc1ccc(C(F)(F)F)cc1. The van der Waals surface area contributed by atoms with Gasteiger partial charge in [-0.15, -0.1) is 0 Å². The maximum Gasteiger partial charge on any atom is 0.416 e. The van der Waals surface area contributed by atoms with Crippen LogP contribution in [-0.4, -0.2) is 18.4 Å². The van der Waals surface area contributed by atoms with Gasteiger partial charge in [-0.05, 0) is 36.4 Å². The van der Waals surface area contributed by atoms with Crippen LogP contribution in [0.5, 0.6) is 5.75 Å². The van der Waals surface area contributed by atoms with Crippen molar-refractivity contribution in [1.82, 2.24) is 0 Å². The van der Waals surface area contributed by atoms with Crippen LogP contribution in [-0.2, 0) is 11.0 Å². The summed E-state index contributed by atoms with van der Waals surface area (Å²) in [5.74, 6) is -1.14. The minimum atomic E-state index is -4.44. The molecule has 0 spiro atoms. The second-order valence-corrected chi connectivity index (χ2v) is 4.77. The number of nitrogens with two attached hydrogens (primary N) is 1. The first kappa shape index (κ1) is 17.3. The van der Waals surface area contributed by atoms with E-state index in [1.807, 2.05) is 0 Å². The molecule has 0 aromatic heterocycles. The van der Waals surface area contributed by atoms with Crippen LogP contribution >= 0.6 is 0 Å². The van der Waals surface area contributed by atoms with Crippen LogP contribution in [0.2, 0.25) is 0 Å². The van der Waals surface area contributed by atoms with Gasteiger partial charge in [-0.1, -0.05) is 12.1 Å². The molecule has 24 heavy (non-hydrogen) atoms. The fourth-order valence-corrected chi connectivity index (χ4v) is 1.88. The van der Waals surface area contributed by atoms with Gasteiger partial charge in [0.2, 0.25) is 0 Å². The van der Waals surface area contributed by atoms with E-state index in [9.17, 15) is 22.8 Å². The number of rotatable bonds is 5. The molecular formula is C16H13F3N2O3. The van der Waals surface area contributed by atoms with Crippen molar-refractivity contribution in [3.63, 3.8) is 0 Å². The number of amides is 2. The van der Waals surface area contributed by atoms with Crippen LogP contribution in [0.15, 0.2) is 48.5 Å². The second kappa shape index (κ2) is 7.03. The number of alkyl halides is 3. The molecule has 3 N–H and O–H groups in total. The summed E-state index contributed by atoms with van der Waals surface area (Å²) >= 11 is 0. The van der Waals surface area contributed by atoms with Crippen molar-refractivity contribution in [1.29, 1.82) is 0 Å². The number of hydrogen-bond acceptors (Lipinski definition) is 3. The molecule has 126 valence electrons. The summed E-state index contributed by atoms with van der Waals surface area (Å²) in [7, 11) is 0. The predicted octanol–water partition coefficient (Wildman–Crippen LogP) is 2.82. The van der Waals surface area contributed by atoms with Gasteiger partial charge in [0.25, 0.3) is 11.8 Å². The lowest BCUT2D eigenvalue weighted by Gasteiger charge is -2.11. The summed E-state index contributed by atoms with van der Waals surface area (Å²) in [5, 5.41) is 2.39. The normalized spacial score (nSPS) is 11.0. The van der Waals surface area contributed by atoms with E-state index in [2.05, 4.69) is 5.32 Å². The number of benzene rings is 2. The number of halogens is 3. The molecule has 2 amide bonds. The Labute approximate surface area is 135 Å². The van der Waals surface area contributed by atoms with E-state index < -0.39 is 30.2 Å². The molecule has 2 aromatic carbocycles. The highest BCUT2D eigenvalue weighted by atomic mass is 19.4. The first-order valence-electron chi connectivity index (χ1n) is 6.76. The Kier molecular flexibility index (Phi) is 5.08. The van der Waals surface area contributed by atoms with Crippen LogP contribution in [0, 0.1) is 0 Å². The van der Waals surface area contributed by atoms with Crippen LogP contribution in [0.25, 0.3) is 0 Å². The van der Waals surface area contributed by atoms with E-state index in [-0.39, 0.29) is 17.0 Å². The fourth-order valence-electron chi connectivity index (χ4n) is 1.88. The molecule has 0 heterocycles. The first-order chi connectivity index (χ1) is 11.3. The number of para-hydroxylation sites is 1. The van der Waals surface area contributed by atoms with Crippen LogP contribution in [0.4, 0.5) is 18.9 Å². The monoisotopic (exact) mass is 338 g/mol. The van der Waals surface area contributed by atoms with Crippen molar-refractivity contribution in [2.24, 2.45) is 5.73 Å². The molecular weight excluding hydrogens is 325 g/mol. The molecule has 0 atom stereocenters. The lowest BCUT2D eigenvalue weighted by atomic mass is 10.2. The Balaban J connectivity index is 1.96. The number of carbonyl (C=O) groups excluding carboxylic acids is 2. The standard InChI is InChI=1S/C16H13F3N2O3/c17-16(18,19)10-5-7-11(8-6-10)21-14(22)9-24-13-4-2-1-3-12(13)15(20)23/h1-8H,9H2,(H2,20,23)(H,21,22). The predicted molar refractivity (Wildman–Crippen MR) is 80.5 cm³/mol. The minimum absolute atomic E-state index is 0.125. The van der Waals surface area contributed by atoms with Crippen LogP contribution < -0.4 is 15.8 Å². The third-order valence-corrected chi connectivity index (χ3v) is 3.01. The van der Waals surface area contributed by atoms with E-state index in [0.717, 1.165) is 24.3 Å². The van der Waals surface area contributed by atoms with Gasteiger partial charge in [-0.2, -0.15) is 13.2 Å². The minimum Gasteiger partial charge on any atom is -0.483 e. The Morgan fingerprint density at radius 1 is 1.04 bits per heavy atom. The number of nitrogens with one attached hydrogen (secondary N) is 1. The van der Waals surface area contributed by atoms with Crippen molar-refractivity contribution >= 4 is 17.5 Å². The van der Waals surface area contributed by atoms with Gasteiger partial charge in [-0.25, -0.2) is 0 Å². The second-order valence-electron chi connectivity index (χ2n) is 4.77. The van der Waals surface area contributed by atoms with Crippen molar-refractivity contribution in [3.8, 4) is 5.75 Å². The number of ether oxygens (including phenoxy) is 1. The lowest BCUT2D eigenvalue weighted by Crippen LogP contribution is -2.21. The van der Waals surface area contributed by atoms with Crippen molar-refractivity contribution in [2.45, 2.75) is 6.18 Å². The van der Waals surface area contributed by atoms with E-state index >= 15 is 0 Å². The number of anilines is 1. The summed E-state index contributed by atoms with van der Waals surface area (Å²) in [6, 6.07) is 10.1. The third kappa shape index (κ3) is 4.48. The molecule has 0 aliphatic carbocycles. The zero-order valence-electron chi connectivity index (χ0n) is 12.3. The maximum absolute atomic E-state index is 12.4. The lowest BCUT2D eigenvalue weighted by molar-refractivity contribution is -0.137. The zero-order valence-corrected chi connectivity index (χ0v) is 12.3. The average molecular weight is 338 g/mol. The Bertz CT molecular complexity index is 743. The van der Waals surface area contributed by atoms with Crippen molar-refractivity contribution in [3.05, 3.63) is 59.7 Å². The number of hydrogen-bond donors (Lipinski definition) is 2. The molecule has 0 bridgehead atoms. The molecule has 0 fully saturated rings. The molecule has 5 nitrogen and oxygen atoms in total. The number of carbonyl (C=O) groups is 2. The van der Waals surface area contributed by atoms with Gasteiger partial charge in [0.15, 0.2) is 6.61 Å². The molecule has 0 saturated heterocycles. The topological polar surface area (TPSA) is 81.4 Å². The molecule has 8 heteroatoms. The first-order valence-corrected chi connectivity index (χ1v) is 6.76. The fraction of sp³-hybridized carbons (Fsp3) is 0.125. The van der Waals surface area contributed by atoms with Gasteiger partial charge in [0, 0.05) is 5.69 Å². The highest BCUT2D eigenvalue weighted by molar-refractivity contribution is 5.96. The third-order valence-electron chi connectivity index (χ3n) is 3.01. The van der Waals surface area contributed by atoms with Crippen LogP contribution in [0.1, 0.15) is 15.9 Å². The van der Waals surface area contributed by atoms with Crippen molar-refractivity contribution in [2.75, 3.05) is 11.9 Å². The average Bonchev–Trinajstić information content (AvgIpc) is 2.53. The summed E-state index contributed by atoms with van der Waals surface area (Å²) in [4.78, 5) is 23.0. The summed E-state index contributed by atoms with van der Waals surface area (Å²) in [6.45, 7) is -0.425. The van der Waals surface area contributed by atoms with E-state index in [1.165, 1.54) is 12.1 Å². The quantitative estimate of drug-likeness (QED) is 0.879. The van der Waals surface area contributed by atoms with Crippen LogP contribution in [0.3, 0.4) is 0 Å². The summed E-state index contributed by atoms with van der Waals surface area (Å²) in [6.07, 6.45) is -4.44. The molecule has 0 aliphatic rings. The van der Waals surface area contributed by atoms with E-state index in [1.54, 1.807) is 12.1 Å². The number of primary amides is 1. The summed E-state index contributed by atoms with van der Waals surface area (Å²) in [5.41, 5.74) is 4.69. The molecule has 0 aliphatic heterocycles. The maximum atomic E-state index is 12.4. The molecule has 0 unspecified atom stereocenters. The Hall–Kier alpha value is -3.03. The van der Waals surface area contributed by atoms with Gasteiger partial charge < -0.3 is 15.8 Å². The highest BCUT2D eigenvalue weighted by Crippen LogP contribution is 2.29. The smallest absolute Gasteiger partial charge is 0.416 e. The summed E-state index contributed by atoms with van der Waals surface area (Å²) < 4.78 is 42.6.